The van der Waals surface area contributed by atoms with E-state index in [1.165, 1.54) is 0 Å². The first kappa shape index (κ1) is 10.5. The van der Waals surface area contributed by atoms with E-state index in [1.54, 1.807) is 6.20 Å². The van der Waals surface area contributed by atoms with E-state index in [9.17, 15) is 0 Å². The van der Waals surface area contributed by atoms with Crippen molar-refractivity contribution in [2.24, 2.45) is 0 Å². The molecule has 0 atom stereocenters. The zero-order valence-corrected chi connectivity index (χ0v) is 9.92. The lowest BCUT2D eigenvalue weighted by atomic mass is 10.3. The Kier molecular flexibility index (Phi) is 2.97. The van der Waals surface area contributed by atoms with Gasteiger partial charge in [-0.1, -0.05) is 0 Å². The maximum absolute atomic E-state index is 5.93. The fourth-order valence-corrected chi connectivity index (χ4v) is 1.95. The van der Waals surface area contributed by atoms with Gasteiger partial charge in [-0.25, -0.2) is 4.98 Å². The van der Waals surface area contributed by atoms with Crippen molar-refractivity contribution < 1.29 is 0 Å². The van der Waals surface area contributed by atoms with Crippen LogP contribution in [0.3, 0.4) is 0 Å². The molecule has 0 radical (unpaired) electrons. The summed E-state index contributed by atoms with van der Waals surface area (Å²) >= 11 is 3.31. The molecular formula is C9H14BrN5. The Labute approximate surface area is 97.0 Å². The topological polar surface area (TPSA) is 80.2 Å². The molecule has 1 fully saturated rings. The van der Waals surface area contributed by atoms with E-state index in [0.717, 1.165) is 36.5 Å². The lowest BCUT2D eigenvalue weighted by molar-refractivity contribution is 0.585. The van der Waals surface area contributed by atoms with E-state index in [-0.39, 0.29) is 0 Å². The van der Waals surface area contributed by atoms with Crippen molar-refractivity contribution in [1.82, 2.24) is 10.3 Å². The average Bonchev–Trinajstić information content (AvgIpc) is 2.27. The Bertz CT molecular complexity index is 362. The molecule has 0 bridgehead atoms. The maximum atomic E-state index is 5.93. The molecule has 15 heavy (non-hydrogen) atoms. The molecule has 1 aromatic heterocycles. The number of nitrogens with zero attached hydrogens (tertiary/aromatic N) is 2. The molecule has 2 rings (SSSR count). The van der Waals surface area contributed by atoms with Crippen LogP contribution in [-0.2, 0) is 0 Å². The molecule has 0 amide bonds. The number of nitrogens with two attached hydrogens (primary N) is 2. The van der Waals surface area contributed by atoms with Crippen LogP contribution in [0.4, 0.5) is 17.2 Å². The Balaban J connectivity index is 2.31. The van der Waals surface area contributed by atoms with Gasteiger partial charge in [0.1, 0.15) is 0 Å². The van der Waals surface area contributed by atoms with E-state index < -0.39 is 0 Å². The number of aromatic nitrogens is 1. The van der Waals surface area contributed by atoms with Gasteiger partial charge in [0.2, 0.25) is 0 Å². The first-order valence-electron chi connectivity index (χ1n) is 4.85. The predicted molar refractivity (Wildman–Crippen MR) is 65.8 cm³/mol. The van der Waals surface area contributed by atoms with Gasteiger partial charge in [0, 0.05) is 32.4 Å². The summed E-state index contributed by atoms with van der Waals surface area (Å²) in [7, 11) is 0. The minimum absolute atomic E-state index is 0.561. The number of hydrogen-bond acceptors (Lipinski definition) is 5. The third-order valence-electron chi connectivity index (χ3n) is 2.51. The molecule has 82 valence electrons. The van der Waals surface area contributed by atoms with Crippen LogP contribution in [0.15, 0.2) is 10.7 Å². The lowest BCUT2D eigenvalue weighted by Gasteiger charge is -2.29. The quantitative estimate of drug-likeness (QED) is 0.690. The Morgan fingerprint density at radius 1 is 1.27 bits per heavy atom. The molecule has 0 spiro atoms. The molecule has 1 saturated heterocycles. The first-order valence-corrected chi connectivity index (χ1v) is 5.64. The number of nitrogen functional groups attached to an aromatic ring is 2. The van der Waals surface area contributed by atoms with Crippen molar-refractivity contribution in [3.05, 3.63) is 10.7 Å². The summed E-state index contributed by atoms with van der Waals surface area (Å²) in [5.74, 6) is 0.789. The molecule has 1 aliphatic rings. The highest BCUT2D eigenvalue weighted by Crippen LogP contribution is 2.31. The van der Waals surface area contributed by atoms with Gasteiger partial charge in [0.25, 0.3) is 0 Å². The molecular weight excluding hydrogens is 258 g/mol. The number of halogens is 1. The van der Waals surface area contributed by atoms with Gasteiger partial charge in [-0.2, -0.15) is 0 Å². The number of nitrogens with one attached hydrogen (secondary N) is 1. The van der Waals surface area contributed by atoms with Crippen molar-refractivity contribution in [1.29, 1.82) is 0 Å². The zero-order chi connectivity index (χ0) is 10.8. The summed E-state index contributed by atoms with van der Waals surface area (Å²) < 4.78 is 0.749. The summed E-state index contributed by atoms with van der Waals surface area (Å²) in [6.45, 7) is 3.74. The molecule has 0 saturated carbocycles. The van der Waals surface area contributed by atoms with E-state index in [2.05, 4.69) is 31.1 Å². The van der Waals surface area contributed by atoms with Crippen molar-refractivity contribution in [3.8, 4) is 0 Å². The van der Waals surface area contributed by atoms with Crippen molar-refractivity contribution in [2.45, 2.75) is 0 Å². The number of anilines is 3. The molecule has 5 N–H and O–H groups in total. The summed E-state index contributed by atoms with van der Waals surface area (Å²) in [6.07, 6.45) is 1.70. The third kappa shape index (κ3) is 2.00. The smallest absolute Gasteiger partial charge is 0.154 e. The van der Waals surface area contributed by atoms with Crippen LogP contribution in [0.1, 0.15) is 0 Å². The molecule has 0 aliphatic carbocycles. The molecule has 2 heterocycles. The van der Waals surface area contributed by atoms with Crippen LogP contribution in [0.2, 0.25) is 0 Å². The van der Waals surface area contributed by atoms with E-state index in [1.807, 2.05) is 0 Å². The summed E-state index contributed by atoms with van der Waals surface area (Å²) in [6, 6.07) is 0. The van der Waals surface area contributed by atoms with E-state index in [0.29, 0.717) is 11.4 Å². The van der Waals surface area contributed by atoms with E-state index in [4.69, 9.17) is 11.5 Å². The van der Waals surface area contributed by atoms with Crippen LogP contribution in [0.5, 0.6) is 0 Å². The second-order valence-corrected chi connectivity index (χ2v) is 4.35. The van der Waals surface area contributed by atoms with Crippen LogP contribution in [0.25, 0.3) is 0 Å². The fourth-order valence-electron chi connectivity index (χ4n) is 1.63. The molecule has 1 aliphatic heterocycles. The second kappa shape index (κ2) is 4.24. The van der Waals surface area contributed by atoms with Crippen molar-refractivity contribution in [2.75, 3.05) is 42.5 Å². The zero-order valence-electron chi connectivity index (χ0n) is 8.33. The SMILES string of the molecule is Nc1c(Br)cnc(N2CCNCC2)c1N. The minimum atomic E-state index is 0.561. The third-order valence-corrected chi connectivity index (χ3v) is 3.14. The highest BCUT2D eigenvalue weighted by atomic mass is 79.9. The summed E-state index contributed by atoms with van der Waals surface area (Å²) in [5, 5.41) is 3.28. The van der Waals surface area contributed by atoms with Gasteiger partial charge in [-0.15, -0.1) is 0 Å². The number of pyridine rings is 1. The predicted octanol–water partition coefficient (Wildman–Crippen LogP) is 0.418. The van der Waals surface area contributed by atoms with Crippen LogP contribution >= 0.6 is 15.9 Å². The minimum Gasteiger partial charge on any atom is -0.396 e. The maximum Gasteiger partial charge on any atom is 0.154 e. The average molecular weight is 272 g/mol. The van der Waals surface area contributed by atoms with E-state index >= 15 is 0 Å². The molecule has 6 heteroatoms. The normalized spacial score (nSPS) is 16.7. The van der Waals surface area contributed by atoms with Gasteiger partial charge < -0.3 is 21.7 Å². The number of hydrogen-bond donors (Lipinski definition) is 3. The van der Waals surface area contributed by atoms with Gasteiger partial charge >= 0.3 is 0 Å². The van der Waals surface area contributed by atoms with Crippen LogP contribution in [-0.4, -0.2) is 31.2 Å². The Morgan fingerprint density at radius 3 is 2.60 bits per heavy atom. The van der Waals surface area contributed by atoms with Crippen molar-refractivity contribution >= 4 is 33.1 Å². The number of piperazine rings is 1. The monoisotopic (exact) mass is 271 g/mol. The highest BCUT2D eigenvalue weighted by molar-refractivity contribution is 9.10. The van der Waals surface area contributed by atoms with Gasteiger partial charge in [0.15, 0.2) is 5.82 Å². The molecule has 0 aromatic carbocycles. The standard InChI is InChI=1S/C9H14BrN5/c10-6-5-14-9(8(12)7(6)11)15-3-1-13-2-4-15/h5,13H,1-4,12H2,(H2,11,14). The molecule has 5 nitrogen and oxygen atoms in total. The Morgan fingerprint density at radius 2 is 1.93 bits per heavy atom. The fraction of sp³-hybridized carbons (Fsp3) is 0.444. The van der Waals surface area contributed by atoms with Gasteiger partial charge in [-0.3, -0.25) is 0 Å². The highest BCUT2D eigenvalue weighted by Gasteiger charge is 2.16. The first-order chi connectivity index (χ1) is 7.20. The van der Waals surface area contributed by atoms with Gasteiger partial charge in [-0.05, 0) is 15.9 Å². The van der Waals surface area contributed by atoms with Crippen LogP contribution < -0.4 is 21.7 Å². The molecule has 0 unspecified atom stereocenters. The Hall–Kier alpha value is -1.01. The summed E-state index contributed by atoms with van der Waals surface area (Å²) in [5.41, 5.74) is 12.9. The lowest BCUT2D eigenvalue weighted by Crippen LogP contribution is -2.44. The molecule has 1 aromatic rings. The number of rotatable bonds is 1. The van der Waals surface area contributed by atoms with Crippen LogP contribution in [0, 0.1) is 0 Å². The summed E-state index contributed by atoms with van der Waals surface area (Å²) in [4.78, 5) is 6.46. The second-order valence-electron chi connectivity index (χ2n) is 3.49. The van der Waals surface area contributed by atoms with Gasteiger partial charge in [0.05, 0.1) is 15.8 Å². The largest absolute Gasteiger partial charge is 0.396 e. The van der Waals surface area contributed by atoms with Crippen molar-refractivity contribution in [3.63, 3.8) is 0 Å².